The largest absolute Gasteiger partial charge is 0.456 e. The topological polar surface area (TPSA) is 13.1 Å². The number of allylic oxidation sites excluding steroid dienone is 1. The molecule has 1 nitrogen and oxygen atoms in total. The average Bonchev–Trinajstić information content (AvgIpc) is 2.66. The molecule has 0 radical (unpaired) electrons. The highest BCUT2D eigenvalue weighted by Gasteiger charge is 2.14. The van der Waals surface area contributed by atoms with Crippen molar-refractivity contribution in [2.45, 2.75) is 26.2 Å². The van der Waals surface area contributed by atoms with Crippen LogP contribution in [0, 0.1) is 0 Å². The van der Waals surface area contributed by atoms with Crippen molar-refractivity contribution in [2.75, 3.05) is 0 Å². The SMILES string of the molecule is CCc1ccc2oc3c(c2c1)CCC=C3. The third kappa shape index (κ3) is 1.30. The summed E-state index contributed by atoms with van der Waals surface area (Å²) in [5.74, 6) is 1.06. The Morgan fingerprint density at radius 1 is 1.33 bits per heavy atom. The van der Waals surface area contributed by atoms with Crippen LogP contribution in [0.25, 0.3) is 17.0 Å². The molecular formula is C14H14O. The van der Waals surface area contributed by atoms with E-state index in [2.05, 4.69) is 37.3 Å². The maximum Gasteiger partial charge on any atom is 0.135 e. The van der Waals surface area contributed by atoms with E-state index in [1.54, 1.807) is 0 Å². The van der Waals surface area contributed by atoms with E-state index < -0.39 is 0 Å². The molecule has 0 fully saturated rings. The summed E-state index contributed by atoms with van der Waals surface area (Å²) in [6, 6.07) is 6.53. The van der Waals surface area contributed by atoms with Gasteiger partial charge in [-0.2, -0.15) is 0 Å². The maximum absolute atomic E-state index is 5.80. The van der Waals surface area contributed by atoms with Crippen molar-refractivity contribution < 1.29 is 4.42 Å². The molecule has 0 atom stereocenters. The Kier molecular flexibility index (Phi) is 1.91. The zero-order chi connectivity index (χ0) is 10.3. The molecule has 0 saturated carbocycles. The van der Waals surface area contributed by atoms with Crippen molar-refractivity contribution >= 4 is 17.0 Å². The normalized spacial score (nSPS) is 14.5. The van der Waals surface area contributed by atoms with Crippen LogP contribution in [0.3, 0.4) is 0 Å². The van der Waals surface area contributed by atoms with Gasteiger partial charge >= 0.3 is 0 Å². The van der Waals surface area contributed by atoms with E-state index in [1.165, 1.54) is 16.5 Å². The first-order valence-corrected chi connectivity index (χ1v) is 5.59. The summed E-state index contributed by atoms with van der Waals surface area (Å²) in [7, 11) is 0. The van der Waals surface area contributed by atoms with Crippen LogP contribution in [-0.2, 0) is 12.8 Å². The summed E-state index contributed by atoms with van der Waals surface area (Å²) in [5, 5.41) is 1.31. The zero-order valence-corrected chi connectivity index (χ0v) is 8.92. The second-order valence-corrected chi connectivity index (χ2v) is 4.07. The molecule has 15 heavy (non-hydrogen) atoms. The highest BCUT2D eigenvalue weighted by Crippen LogP contribution is 2.31. The van der Waals surface area contributed by atoms with Gasteiger partial charge in [-0.25, -0.2) is 0 Å². The molecule has 1 aromatic heterocycles. The molecule has 0 amide bonds. The van der Waals surface area contributed by atoms with Gasteiger partial charge < -0.3 is 4.42 Å². The molecule has 1 heterocycles. The minimum atomic E-state index is 1.03. The monoisotopic (exact) mass is 198 g/mol. The Labute approximate surface area is 89.4 Å². The first kappa shape index (κ1) is 8.78. The summed E-state index contributed by atoms with van der Waals surface area (Å²) in [6.45, 7) is 2.19. The minimum Gasteiger partial charge on any atom is -0.456 e. The predicted octanol–water partition coefficient (Wildman–Crippen LogP) is 3.95. The molecule has 1 heteroatoms. The molecule has 0 unspecified atom stereocenters. The lowest BCUT2D eigenvalue weighted by atomic mass is 9.99. The predicted molar refractivity (Wildman–Crippen MR) is 62.9 cm³/mol. The molecular weight excluding hydrogens is 184 g/mol. The number of aryl methyl sites for hydroxylation is 2. The molecule has 0 N–H and O–H groups in total. The van der Waals surface area contributed by atoms with Crippen LogP contribution in [0.4, 0.5) is 0 Å². The summed E-state index contributed by atoms with van der Waals surface area (Å²) < 4.78 is 5.80. The quantitative estimate of drug-likeness (QED) is 0.676. The second kappa shape index (κ2) is 3.27. The van der Waals surface area contributed by atoms with Gasteiger partial charge in [-0.1, -0.05) is 19.1 Å². The fraction of sp³-hybridized carbons (Fsp3) is 0.286. The van der Waals surface area contributed by atoms with Crippen LogP contribution < -0.4 is 0 Å². The molecule has 3 rings (SSSR count). The molecule has 1 aliphatic carbocycles. The van der Waals surface area contributed by atoms with Gasteiger partial charge in [-0.05, 0) is 43.0 Å². The number of hydrogen-bond acceptors (Lipinski definition) is 1. The van der Waals surface area contributed by atoms with Crippen LogP contribution in [0.2, 0.25) is 0 Å². The number of furan rings is 1. The van der Waals surface area contributed by atoms with Gasteiger partial charge in [-0.3, -0.25) is 0 Å². The van der Waals surface area contributed by atoms with Crippen LogP contribution >= 0.6 is 0 Å². The molecule has 0 aliphatic heterocycles. The van der Waals surface area contributed by atoms with Crippen LogP contribution in [0.15, 0.2) is 28.7 Å². The van der Waals surface area contributed by atoms with Crippen molar-refractivity contribution in [3.05, 3.63) is 41.2 Å². The van der Waals surface area contributed by atoms with Gasteiger partial charge in [0.25, 0.3) is 0 Å². The van der Waals surface area contributed by atoms with Crippen molar-refractivity contribution in [3.63, 3.8) is 0 Å². The second-order valence-electron chi connectivity index (χ2n) is 4.07. The molecule has 0 spiro atoms. The molecule has 76 valence electrons. The van der Waals surface area contributed by atoms with Crippen molar-refractivity contribution in [1.29, 1.82) is 0 Å². The van der Waals surface area contributed by atoms with Crippen molar-refractivity contribution in [1.82, 2.24) is 0 Å². The van der Waals surface area contributed by atoms with Crippen LogP contribution in [0.1, 0.15) is 30.2 Å². The molecule has 2 aromatic rings. The average molecular weight is 198 g/mol. The van der Waals surface area contributed by atoms with E-state index >= 15 is 0 Å². The van der Waals surface area contributed by atoms with Crippen LogP contribution in [-0.4, -0.2) is 0 Å². The van der Waals surface area contributed by atoms with E-state index in [0.717, 1.165) is 30.6 Å². The van der Waals surface area contributed by atoms with Gasteiger partial charge in [-0.15, -0.1) is 0 Å². The van der Waals surface area contributed by atoms with E-state index in [0.29, 0.717) is 0 Å². The summed E-state index contributed by atoms with van der Waals surface area (Å²) >= 11 is 0. The molecule has 0 saturated heterocycles. The van der Waals surface area contributed by atoms with Crippen molar-refractivity contribution in [2.24, 2.45) is 0 Å². The Hall–Kier alpha value is -1.50. The minimum absolute atomic E-state index is 1.03. The van der Waals surface area contributed by atoms with E-state index in [9.17, 15) is 0 Å². The molecule has 1 aromatic carbocycles. The number of rotatable bonds is 1. The maximum atomic E-state index is 5.80. The Morgan fingerprint density at radius 3 is 3.13 bits per heavy atom. The Morgan fingerprint density at radius 2 is 2.27 bits per heavy atom. The van der Waals surface area contributed by atoms with E-state index in [4.69, 9.17) is 4.42 Å². The van der Waals surface area contributed by atoms with Gasteiger partial charge in [0.15, 0.2) is 0 Å². The fourth-order valence-electron chi connectivity index (χ4n) is 2.25. The fourth-order valence-corrected chi connectivity index (χ4v) is 2.25. The zero-order valence-electron chi connectivity index (χ0n) is 8.92. The number of fused-ring (bicyclic) bond motifs is 3. The highest BCUT2D eigenvalue weighted by molar-refractivity contribution is 5.85. The summed E-state index contributed by atoms with van der Waals surface area (Å²) in [4.78, 5) is 0. The van der Waals surface area contributed by atoms with Crippen LogP contribution in [0.5, 0.6) is 0 Å². The summed E-state index contributed by atoms with van der Waals surface area (Å²) in [5.41, 5.74) is 3.81. The van der Waals surface area contributed by atoms with E-state index in [1.807, 2.05) is 0 Å². The highest BCUT2D eigenvalue weighted by atomic mass is 16.3. The number of benzene rings is 1. The van der Waals surface area contributed by atoms with Crippen molar-refractivity contribution in [3.8, 4) is 0 Å². The lowest BCUT2D eigenvalue weighted by molar-refractivity contribution is 0.595. The summed E-state index contributed by atoms with van der Waals surface area (Å²) in [6.07, 6.45) is 7.63. The third-order valence-electron chi connectivity index (χ3n) is 3.12. The number of hydrogen-bond donors (Lipinski definition) is 0. The van der Waals surface area contributed by atoms with Gasteiger partial charge in [0.2, 0.25) is 0 Å². The smallest absolute Gasteiger partial charge is 0.135 e. The Balaban J connectivity index is 2.30. The van der Waals surface area contributed by atoms with Gasteiger partial charge in [0.1, 0.15) is 11.3 Å². The lowest BCUT2D eigenvalue weighted by Crippen LogP contribution is -1.89. The third-order valence-corrected chi connectivity index (χ3v) is 3.12. The standard InChI is InChI=1S/C14H14O/c1-2-10-7-8-14-12(9-10)11-5-3-4-6-13(11)15-14/h4,6-9H,2-3,5H2,1H3. The Bertz CT molecular complexity index is 532. The molecule has 1 aliphatic rings. The van der Waals surface area contributed by atoms with Gasteiger partial charge in [0, 0.05) is 10.9 Å². The first-order chi connectivity index (χ1) is 7.38. The molecule has 0 bridgehead atoms. The van der Waals surface area contributed by atoms with Gasteiger partial charge in [0.05, 0.1) is 0 Å². The van der Waals surface area contributed by atoms with E-state index in [-0.39, 0.29) is 0 Å². The lowest BCUT2D eigenvalue weighted by Gasteiger charge is -2.02. The first-order valence-electron chi connectivity index (χ1n) is 5.59.